The lowest BCUT2D eigenvalue weighted by Crippen LogP contribution is -2.13. The summed E-state index contributed by atoms with van der Waals surface area (Å²) in [4.78, 5) is 0. The molecule has 3 heteroatoms. The van der Waals surface area contributed by atoms with Crippen LogP contribution in [0.4, 0.5) is 8.78 Å². The third-order valence-corrected chi connectivity index (χ3v) is 0.937. The van der Waals surface area contributed by atoms with E-state index in [1.807, 2.05) is 0 Å². The number of alkyl halides is 2. The van der Waals surface area contributed by atoms with Gasteiger partial charge in [-0.05, 0) is 0 Å². The first-order chi connectivity index (χ1) is 3.85. The maximum absolute atomic E-state index is 11.6. The van der Waals surface area contributed by atoms with Crippen LogP contribution < -0.4 is 0 Å². The Morgan fingerprint density at radius 3 is 2.25 bits per heavy atom. The molecule has 0 fully saturated rings. The van der Waals surface area contributed by atoms with E-state index in [9.17, 15) is 8.78 Å². The SMILES string of the molecule is COC(CF)CCF. The Bertz CT molecular complexity index is 45.7. The van der Waals surface area contributed by atoms with E-state index in [-0.39, 0.29) is 6.42 Å². The van der Waals surface area contributed by atoms with Crippen LogP contribution >= 0.6 is 0 Å². The molecule has 1 unspecified atom stereocenters. The molecule has 0 bridgehead atoms. The Kier molecular flexibility index (Phi) is 4.85. The molecule has 1 atom stereocenters. The summed E-state index contributed by atoms with van der Waals surface area (Å²) >= 11 is 0. The van der Waals surface area contributed by atoms with Crippen LogP contribution in [0.5, 0.6) is 0 Å². The molecule has 0 amide bonds. The first-order valence-corrected chi connectivity index (χ1v) is 2.49. The molecule has 0 rings (SSSR count). The largest absolute Gasteiger partial charge is 0.379 e. The Morgan fingerprint density at radius 1 is 1.50 bits per heavy atom. The minimum atomic E-state index is -0.597. The Balaban J connectivity index is 3.07. The van der Waals surface area contributed by atoms with Gasteiger partial charge in [-0.2, -0.15) is 0 Å². The summed E-state index contributed by atoms with van der Waals surface area (Å²) in [6.45, 7) is -1.11. The summed E-state index contributed by atoms with van der Waals surface area (Å²) in [6.07, 6.45) is -0.382. The topological polar surface area (TPSA) is 9.23 Å². The Morgan fingerprint density at radius 2 is 2.12 bits per heavy atom. The molecule has 0 N–H and O–H groups in total. The van der Waals surface area contributed by atoms with Gasteiger partial charge in [-0.25, -0.2) is 4.39 Å². The van der Waals surface area contributed by atoms with Crippen molar-refractivity contribution < 1.29 is 13.5 Å². The van der Waals surface area contributed by atoms with Crippen molar-refractivity contribution in [3.05, 3.63) is 0 Å². The maximum Gasteiger partial charge on any atom is 0.116 e. The molecule has 0 radical (unpaired) electrons. The van der Waals surface area contributed by atoms with Gasteiger partial charge in [-0.1, -0.05) is 0 Å². The molecule has 0 heterocycles. The van der Waals surface area contributed by atoms with E-state index >= 15 is 0 Å². The quantitative estimate of drug-likeness (QED) is 0.549. The van der Waals surface area contributed by atoms with Crippen molar-refractivity contribution in [2.75, 3.05) is 20.5 Å². The smallest absolute Gasteiger partial charge is 0.116 e. The maximum atomic E-state index is 11.6. The summed E-state index contributed by atoms with van der Waals surface area (Å²) in [6, 6.07) is 0. The van der Waals surface area contributed by atoms with E-state index in [0.29, 0.717) is 0 Å². The van der Waals surface area contributed by atoms with Gasteiger partial charge in [0.05, 0.1) is 12.8 Å². The molecule has 0 spiro atoms. The second-order valence-electron chi connectivity index (χ2n) is 1.49. The molecule has 0 aliphatic carbocycles. The zero-order valence-electron chi connectivity index (χ0n) is 4.86. The number of rotatable bonds is 4. The fourth-order valence-electron chi connectivity index (χ4n) is 0.380. The molecule has 0 saturated carbocycles. The number of methoxy groups -OCH3 is 1. The van der Waals surface area contributed by atoms with E-state index in [1.54, 1.807) is 0 Å². The van der Waals surface area contributed by atoms with E-state index in [0.717, 1.165) is 0 Å². The van der Waals surface area contributed by atoms with Crippen molar-refractivity contribution in [3.8, 4) is 0 Å². The molecular formula is C5H10F2O. The highest BCUT2D eigenvalue weighted by atomic mass is 19.1. The lowest BCUT2D eigenvalue weighted by atomic mass is 10.3. The molecule has 0 aliphatic rings. The van der Waals surface area contributed by atoms with Crippen LogP contribution in [-0.2, 0) is 4.74 Å². The fourth-order valence-corrected chi connectivity index (χ4v) is 0.380. The monoisotopic (exact) mass is 124 g/mol. The van der Waals surface area contributed by atoms with Crippen molar-refractivity contribution >= 4 is 0 Å². The third-order valence-electron chi connectivity index (χ3n) is 0.937. The van der Waals surface area contributed by atoms with Crippen LogP contribution in [-0.4, -0.2) is 26.6 Å². The Labute approximate surface area is 47.6 Å². The van der Waals surface area contributed by atoms with Crippen LogP contribution in [0.2, 0.25) is 0 Å². The van der Waals surface area contributed by atoms with Gasteiger partial charge in [0, 0.05) is 13.5 Å². The predicted octanol–water partition coefficient (Wildman–Crippen LogP) is 1.33. The van der Waals surface area contributed by atoms with Crippen molar-refractivity contribution in [2.24, 2.45) is 0 Å². The number of halogens is 2. The fraction of sp³-hybridized carbons (Fsp3) is 1.00. The van der Waals surface area contributed by atoms with Gasteiger partial charge in [-0.15, -0.1) is 0 Å². The van der Waals surface area contributed by atoms with Gasteiger partial charge in [0.1, 0.15) is 6.67 Å². The lowest BCUT2D eigenvalue weighted by molar-refractivity contribution is 0.0672. The van der Waals surface area contributed by atoms with Crippen LogP contribution in [0.3, 0.4) is 0 Å². The van der Waals surface area contributed by atoms with Crippen LogP contribution in [0, 0.1) is 0 Å². The summed E-state index contributed by atoms with van der Waals surface area (Å²) < 4.78 is 27.4. The highest BCUT2D eigenvalue weighted by Gasteiger charge is 2.03. The zero-order chi connectivity index (χ0) is 6.41. The van der Waals surface area contributed by atoms with Gasteiger partial charge >= 0.3 is 0 Å². The Hall–Kier alpha value is -0.180. The van der Waals surface area contributed by atoms with Crippen molar-refractivity contribution in [1.29, 1.82) is 0 Å². The van der Waals surface area contributed by atoms with E-state index in [1.165, 1.54) is 7.11 Å². The molecule has 8 heavy (non-hydrogen) atoms. The minimum Gasteiger partial charge on any atom is -0.379 e. The van der Waals surface area contributed by atoms with Gasteiger partial charge in [0.2, 0.25) is 0 Å². The highest BCUT2D eigenvalue weighted by molar-refractivity contribution is 4.52. The van der Waals surface area contributed by atoms with Gasteiger partial charge < -0.3 is 4.74 Å². The molecule has 0 aromatic carbocycles. The van der Waals surface area contributed by atoms with Crippen molar-refractivity contribution in [3.63, 3.8) is 0 Å². The van der Waals surface area contributed by atoms with Crippen molar-refractivity contribution in [2.45, 2.75) is 12.5 Å². The van der Waals surface area contributed by atoms with Crippen molar-refractivity contribution in [1.82, 2.24) is 0 Å². The summed E-state index contributed by atoms with van der Waals surface area (Å²) in [5, 5.41) is 0. The predicted molar refractivity (Wildman–Crippen MR) is 27.4 cm³/mol. The second-order valence-corrected chi connectivity index (χ2v) is 1.49. The molecular weight excluding hydrogens is 114 g/mol. The molecule has 0 aromatic rings. The van der Waals surface area contributed by atoms with E-state index in [2.05, 4.69) is 4.74 Å². The lowest BCUT2D eigenvalue weighted by Gasteiger charge is -2.06. The van der Waals surface area contributed by atoms with Gasteiger partial charge in [-0.3, -0.25) is 4.39 Å². The standard InChI is InChI=1S/C5H10F2O/c1-8-5(4-7)2-3-6/h5H,2-4H2,1H3. The van der Waals surface area contributed by atoms with E-state index in [4.69, 9.17) is 0 Å². The number of hydrogen-bond acceptors (Lipinski definition) is 1. The van der Waals surface area contributed by atoms with Crippen LogP contribution in [0.15, 0.2) is 0 Å². The highest BCUT2D eigenvalue weighted by Crippen LogP contribution is 1.96. The van der Waals surface area contributed by atoms with E-state index < -0.39 is 19.5 Å². The summed E-state index contributed by atoms with van der Waals surface area (Å²) in [7, 11) is 1.37. The molecule has 1 nitrogen and oxygen atoms in total. The van der Waals surface area contributed by atoms with Gasteiger partial charge in [0.25, 0.3) is 0 Å². The molecule has 0 saturated heterocycles. The average Bonchev–Trinajstić information content (AvgIpc) is 1.83. The minimum absolute atomic E-state index is 0.160. The normalized spacial score (nSPS) is 13.9. The average molecular weight is 124 g/mol. The van der Waals surface area contributed by atoms with Gasteiger partial charge in [0.15, 0.2) is 0 Å². The molecule has 0 aromatic heterocycles. The summed E-state index contributed by atoms with van der Waals surface area (Å²) in [5.41, 5.74) is 0. The number of ether oxygens (including phenoxy) is 1. The molecule has 50 valence electrons. The van der Waals surface area contributed by atoms with Crippen LogP contribution in [0.25, 0.3) is 0 Å². The zero-order valence-corrected chi connectivity index (χ0v) is 4.86. The first kappa shape index (κ1) is 7.82. The third kappa shape index (κ3) is 2.91. The first-order valence-electron chi connectivity index (χ1n) is 2.49. The second kappa shape index (κ2) is 4.97. The molecule has 0 aliphatic heterocycles. The van der Waals surface area contributed by atoms with Crippen LogP contribution in [0.1, 0.15) is 6.42 Å². The summed E-state index contributed by atoms with van der Waals surface area (Å²) in [5.74, 6) is 0. The number of hydrogen-bond donors (Lipinski definition) is 0.